The monoisotopic (exact) mass is 224 g/mol. The van der Waals surface area contributed by atoms with Crippen LogP contribution in [-0.4, -0.2) is 40.6 Å². The van der Waals surface area contributed by atoms with Crippen LogP contribution in [0.1, 0.15) is 26.0 Å². The van der Waals surface area contributed by atoms with Crippen molar-refractivity contribution in [1.29, 1.82) is 0 Å². The zero-order valence-corrected chi connectivity index (χ0v) is 10.7. The van der Waals surface area contributed by atoms with Crippen molar-refractivity contribution in [2.24, 2.45) is 5.73 Å². The number of hydrogen-bond donors (Lipinski definition) is 1. The summed E-state index contributed by atoms with van der Waals surface area (Å²) >= 11 is 0. The van der Waals surface area contributed by atoms with Gasteiger partial charge in [-0.2, -0.15) is 0 Å². The molecule has 0 amide bonds. The third-order valence-electron chi connectivity index (χ3n) is 2.99. The van der Waals surface area contributed by atoms with E-state index < -0.39 is 0 Å². The molecule has 2 N–H and O–H groups in total. The van der Waals surface area contributed by atoms with Crippen LogP contribution in [0.3, 0.4) is 0 Å². The highest BCUT2D eigenvalue weighted by molar-refractivity contribution is 4.98. The second-order valence-corrected chi connectivity index (χ2v) is 4.54. The van der Waals surface area contributed by atoms with Gasteiger partial charge in [-0.3, -0.25) is 0 Å². The Morgan fingerprint density at radius 3 is 2.88 bits per heavy atom. The van der Waals surface area contributed by atoms with E-state index >= 15 is 0 Å². The molecule has 0 aliphatic carbocycles. The summed E-state index contributed by atoms with van der Waals surface area (Å²) in [6.07, 6.45) is 5.89. The molecule has 0 aliphatic rings. The molecule has 16 heavy (non-hydrogen) atoms. The Kier molecular flexibility index (Phi) is 5.49. The second-order valence-electron chi connectivity index (χ2n) is 4.54. The van der Waals surface area contributed by atoms with Crippen LogP contribution in [0, 0.1) is 0 Å². The highest BCUT2D eigenvalue weighted by Crippen LogP contribution is 2.03. The number of hydrogen-bond acceptors (Lipinski definition) is 3. The molecular formula is C12H24N4. The van der Waals surface area contributed by atoms with Gasteiger partial charge in [0.2, 0.25) is 0 Å². The Morgan fingerprint density at radius 1 is 1.50 bits per heavy atom. The SMILES string of the molecule is CC(C)N(C)CCCn1cncc1CCN. The van der Waals surface area contributed by atoms with Crippen LogP contribution in [0.15, 0.2) is 12.5 Å². The van der Waals surface area contributed by atoms with Crippen LogP contribution >= 0.6 is 0 Å². The Bertz CT molecular complexity index is 293. The maximum Gasteiger partial charge on any atom is 0.0948 e. The van der Waals surface area contributed by atoms with Gasteiger partial charge in [0, 0.05) is 30.9 Å². The smallest absolute Gasteiger partial charge is 0.0948 e. The van der Waals surface area contributed by atoms with E-state index in [1.165, 1.54) is 5.69 Å². The van der Waals surface area contributed by atoms with Gasteiger partial charge in [-0.15, -0.1) is 0 Å². The lowest BCUT2D eigenvalue weighted by atomic mass is 10.3. The molecule has 1 heterocycles. The molecular weight excluding hydrogens is 200 g/mol. The van der Waals surface area contributed by atoms with Crippen LogP contribution < -0.4 is 5.73 Å². The summed E-state index contributed by atoms with van der Waals surface area (Å²) in [6, 6.07) is 0.617. The number of rotatable bonds is 7. The molecule has 1 aromatic rings. The second kappa shape index (κ2) is 6.66. The van der Waals surface area contributed by atoms with E-state index in [0.29, 0.717) is 12.6 Å². The fourth-order valence-electron chi connectivity index (χ4n) is 1.65. The predicted octanol–water partition coefficient (Wildman–Crippen LogP) is 1.11. The van der Waals surface area contributed by atoms with Crippen molar-refractivity contribution in [3.63, 3.8) is 0 Å². The molecule has 0 atom stereocenters. The summed E-state index contributed by atoms with van der Waals surface area (Å²) in [5.74, 6) is 0. The fraction of sp³-hybridized carbons (Fsp3) is 0.750. The highest BCUT2D eigenvalue weighted by atomic mass is 15.1. The molecule has 0 aliphatic heterocycles. The molecule has 1 aromatic heterocycles. The number of imidazole rings is 1. The summed E-state index contributed by atoms with van der Waals surface area (Å²) < 4.78 is 2.21. The molecule has 0 aromatic carbocycles. The topological polar surface area (TPSA) is 47.1 Å². The maximum atomic E-state index is 5.56. The molecule has 0 saturated heterocycles. The summed E-state index contributed by atoms with van der Waals surface area (Å²) in [7, 11) is 2.17. The first-order valence-corrected chi connectivity index (χ1v) is 6.04. The van der Waals surface area contributed by atoms with Gasteiger partial charge in [-0.1, -0.05) is 0 Å². The molecule has 0 unspecified atom stereocenters. The Balaban J connectivity index is 2.34. The molecule has 0 saturated carbocycles. The van der Waals surface area contributed by atoms with Crippen molar-refractivity contribution in [1.82, 2.24) is 14.5 Å². The van der Waals surface area contributed by atoms with E-state index in [0.717, 1.165) is 25.9 Å². The molecule has 0 radical (unpaired) electrons. The van der Waals surface area contributed by atoms with Crippen LogP contribution in [0.2, 0.25) is 0 Å². The maximum absolute atomic E-state index is 5.56. The zero-order chi connectivity index (χ0) is 12.0. The number of aryl methyl sites for hydroxylation is 1. The number of aromatic nitrogens is 2. The van der Waals surface area contributed by atoms with Gasteiger partial charge >= 0.3 is 0 Å². The van der Waals surface area contributed by atoms with Crippen LogP contribution in [0.5, 0.6) is 0 Å². The van der Waals surface area contributed by atoms with E-state index in [1.54, 1.807) is 0 Å². The summed E-state index contributed by atoms with van der Waals surface area (Å²) in [5.41, 5.74) is 6.80. The summed E-state index contributed by atoms with van der Waals surface area (Å²) in [6.45, 7) is 7.29. The first kappa shape index (κ1) is 13.2. The first-order valence-electron chi connectivity index (χ1n) is 6.04. The molecule has 1 rings (SSSR count). The van der Waals surface area contributed by atoms with Gasteiger partial charge in [0.05, 0.1) is 6.33 Å². The van der Waals surface area contributed by atoms with Crippen molar-refractivity contribution < 1.29 is 0 Å². The molecule has 0 fully saturated rings. The van der Waals surface area contributed by atoms with Crippen molar-refractivity contribution >= 4 is 0 Å². The molecule has 4 heteroatoms. The minimum absolute atomic E-state index is 0.617. The molecule has 92 valence electrons. The van der Waals surface area contributed by atoms with E-state index in [2.05, 4.69) is 35.3 Å². The van der Waals surface area contributed by atoms with Crippen molar-refractivity contribution in [3.8, 4) is 0 Å². The van der Waals surface area contributed by atoms with Gasteiger partial charge in [0.15, 0.2) is 0 Å². The van der Waals surface area contributed by atoms with Crippen molar-refractivity contribution in [3.05, 3.63) is 18.2 Å². The number of nitrogens with two attached hydrogens (primary N) is 1. The van der Waals surface area contributed by atoms with Crippen molar-refractivity contribution in [2.75, 3.05) is 20.1 Å². The highest BCUT2D eigenvalue weighted by Gasteiger charge is 2.04. The third kappa shape index (κ3) is 3.94. The van der Waals surface area contributed by atoms with Crippen LogP contribution in [0.4, 0.5) is 0 Å². The summed E-state index contributed by atoms with van der Waals surface area (Å²) in [5, 5.41) is 0. The standard InChI is InChI=1S/C12H24N4/c1-11(2)15(3)7-4-8-16-10-14-9-12(16)5-6-13/h9-11H,4-8,13H2,1-3H3. The van der Waals surface area contributed by atoms with Gasteiger partial charge in [-0.05, 0) is 40.4 Å². The Morgan fingerprint density at radius 2 is 2.25 bits per heavy atom. The van der Waals surface area contributed by atoms with E-state index in [4.69, 9.17) is 5.73 Å². The molecule has 4 nitrogen and oxygen atoms in total. The fourth-order valence-corrected chi connectivity index (χ4v) is 1.65. The zero-order valence-electron chi connectivity index (χ0n) is 10.7. The average Bonchev–Trinajstić information content (AvgIpc) is 2.66. The number of nitrogens with zero attached hydrogens (tertiary/aromatic N) is 3. The Hall–Kier alpha value is -0.870. The van der Waals surface area contributed by atoms with Gasteiger partial charge in [-0.25, -0.2) is 4.98 Å². The summed E-state index contributed by atoms with van der Waals surface area (Å²) in [4.78, 5) is 6.53. The average molecular weight is 224 g/mol. The lowest BCUT2D eigenvalue weighted by Crippen LogP contribution is -2.28. The van der Waals surface area contributed by atoms with Crippen LogP contribution in [0.25, 0.3) is 0 Å². The van der Waals surface area contributed by atoms with Gasteiger partial charge in [0.1, 0.15) is 0 Å². The minimum atomic E-state index is 0.617. The largest absolute Gasteiger partial charge is 0.335 e. The molecule has 0 spiro atoms. The quantitative estimate of drug-likeness (QED) is 0.755. The van der Waals surface area contributed by atoms with E-state index in [-0.39, 0.29) is 0 Å². The van der Waals surface area contributed by atoms with Gasteiger partial charge in [0.25, 0.3) is 0 Å². The normalized spacial score (nSPS) is 11.6. The third-order valence-corrected chi connectivity index (χ3v) is 2.99. The van der Waals surface area contributed by atoms with E-state index in [9.17, 15) is 0 Å². The van der Waals surface area contributed by atoms with Gasteiger partial charge < -0.3 is 15.2 Å². The Labute approximate surface area is 98.5 Å². The first-order chi connectivity index (χ1) is 7.65. The lowest BCUT2D eigenvalue weighted by Gasteiger charge is -2.21. The van der Waals surface area contributed by atoms with E-state index in [1.807, 2.05) is 12.5 Å². The lowest BCUT2D eigenvalue weighted by molar-refractivity contribution is 0.265. The van der Waals surface area contributed by atoms with Crippen molar-refractivity contribution in [2.45, 2.75) is 39.3 Å². The minimum Gasteiger partial charge on any atom is -0.335 e. The van der Waals surface area contributed by atoms with Crippen LogP contribution in [-0.2, 0) is 13.0 Å². The predicted molar refractivity (Wildman–Crippen MR) is 67.4 cm³/mol. The molecule has 0 bridgehead atoms.